The molecule has 5 nitrogen and oxygen atoms in total. The van der Waals surface area contributed by atoms with E-state index in [0.717, 1.165) is 9.30 Å². The number of oxazole rings is 1. The summed E-state index contributed by atoms with van der Waals surface area (Å²) < 4.78 is 21.4. The minimum absolute atomic E-state index is 0.338. The van der Waals surface area contributed by atoms with Crippen LogP contribution in [-0.4, -0.2) is 25.8 Å². The van der Waals surface area contributed by atoms with Crippen molar-refractivity contribution in [1.29, 1.82) is 0 Å². The van der Waals surface area contributed by atoms with Gasteiger partial charge in [-0.1, -0.05) is 23.1 Å². The van der Waals surface area contributed by atoms with Crippen LogP contribution in [0.1, 0.15) is 0 Å². The smallest absolute Gasteiger partial charge is 0.247 e. The van der Waals surface area contributed by atoms with Gasteiger partial charge in [0, 0.05) is 6.07 Å². The van der Waals surface area contributed by atoms with Gasteiger partial charge < -0.3 is 4.42 Å². The lowest BCUT2D eigenvalue weighted by Gasteiger charge is -1.85. The Morgan fingerprint density at radius 3 is 3.05 bits per heavy atom. The highest BCUT2D eigenvalue weighted by atomic mass is 32.2. The van der Waals surface area contributed by atoms with E-state index in [1.807, 2.05) is 6.26 Å². The largest absolute Gasteiger partial charge is 0.435 e. The standard InChI is InChI=1S/C12H7FN4OS2/c1-19-12-16-17-5-8(15-11(17)20-12)10-14-7-4-6(13)2-3-9(7)18-10/h2-5H,1H3. The molecular weight excluding hydrogens is 299 g/mol. The van der Waals surface area contributed by atoms with Crippen molar-refractivity contribution in [2.24, 2.45) is 0 Å². The molecule has 0 bridgehead atoms. The van der Waals surface area contributed by atoms with Crippen LogP contribution in [0.25, 0.3) is 27.6 Å². The lowest BCUT2D eigenvalue weighted by Crippen LogP contribution is -1.80. The van der Waals surface area contributed by atoms with Gasteiger partial charge in [-0.2, -0.15) is 0 Å². The van der Waals surface area contributed by atoms with Gasteiger partial charge in [0.2, 0.25) is 10.9 Å². The summed E-state index contributed by atoms with van der Waals surface area (Å²) in [6.45, 7) is 0. The molecule has 0 amide bonds. The summed E-state index contributed by atoms with van der Waals surface area (Å²) in [6.07, 6.45) is 3.72. The molecule has 0 saturated heterocycles. The summed E-state index contributed by atoms with van der Waals surface area (Å²) in [5, 5.41) is 4.35. The Bertz CT molecular complexity index is 895. The van der Waals surface area contributed by atoms with E-state index >= 15 is 0 Å². The minimum Gasteiger partial charge on any atom is -0.435 e. The van der Waals surface area contributed by atoms with Gasteiger partial charge in [-0.05, 0) is 18.4 Å². The zero-order chi connectivity index (χ0) is 13.7. The molecule has 3 aromatic heterocycles. The first-order valence-corrected chi connectivity index (χ1v) is 7.74. The predicted molar refractivity (Wildman–Crippen MR) is 75.6 cm³/mol. The Morgan fingerprint density at radius 2 is 2.25 bits per heavy atom. The van der Waals surface area contributed by atoms with E-state index < -0.39 is 0 Å². The number of hydrogen-bond donors (Lipinski definition) is 0. The van der Waals surface area contributed by atoms with E-state index in [-0.39, 0.29) is 5.82 Å². The summed E-state index contributed by atoms with van der Waals surface area (Å²) in [7, 11) is 0. The second kappa shape index (κ2) is 4.29. The zero-order valence-corrected chi connectivity index (χ0v) is 11.8. The van der Waals surface area contributed by atoms with Gasteiger partial charge in [0.1, 0.15) is 17.0 Å². The normalized spacial score (nSPS) is 11.7. The van der Waals surface area contributed by atoms with Crippen LogP contribution in [0.2, 0.25) is 0 Å². The van der Waals surface area contributed by atoms with E-state index in [4.69, 9.17) is 4.42 Å². The quantitative estimate of drug-likeness (QED) is 0.531. The van der Waals surface area contributed by atoms with E-state index in [1.165, 1.54) is 23.5 Å². The molecule has 0 aliphatic carbocycles. The number of halogens is 1. The topological polar surface area (TPSA) is 56.2 Å². The second-order valence-electron chi connectivity index (χ2n) is 4.06. The Kier molecular flexibility index (Phi) is 2.54. The van der Waals surface area contributed by atoms with Crippen LogP contribution in [0.4, 0.5) is 4.39 Å². The highest BCUT2D eigenvalue weighted by Gasteiger charge is 2.14. The van der Waals surface area contributed by atoms with Crippen LogP contribution >= 0.6 is 23.1 Å². The first-order chi connectivity index (χ1) is 9.72. The van der Waals surface area contributed by atoms with E-state index in [2.05, 4.69) is 15.1 Å². The fourth-order valence-electron chi connectivity index (χ4n) is 1.88. The fourth-order valence-corrected chi connectivity index (χ4v) is 3.22. The van der Waals surface area contributed by atoms with Crippen LogP contribution in [0.3, 0.4) is 0 Å². The molecule has 1 aromatic carbocycles. The van der Waals surface area contributed by atoms with Crippen molar-refractivity contribution in [3.8, 4) is 11.6 Å². The zero-order valence-electron chi connectivity index (χ0n) is 10.2. The third-order valence-corrected chi connectivity index (χ3v) is 4.67. The van der Waals surface area contributed by atoms with Crippen molar-refractivity contribution < 1.29 is 8.81 Å². The molecule has 4 aromatic rings. The van der Waals surface area contributed by atoms with Gasteiger partial charge in [-0.15, -0.1) is 5.10 Å². The van der Waals surface area contributed by atoms with Crippen molar-refractivity contribution >= 4 is 39.2 Å². The maximum atomic E-state index is 13.1. The first kappa shape index (κ1) is 11.9. The average Bonchev–Trinajstić information content (AvgIpc) is 3.08. The fraction of sp³-hybridized carbons (Fsp3) is 0.0833. The number of benzene rings is 1. The van der Waals surface area contributed by atoms with Gasteiger partial charge in [0.15, 0.2) is 9.92 Å². The molecular formula is C12H7FN4OS2. The minimum atomic E-state index is -0.338. The highest BCUT2D eigenvalue weighted by Crippen LogP contribution is 2.27. The van der Waals surface area contributed by atoms with Crippen molar-refractivity contribution in [1.82, 2.24) is 19.6 Å². The summed E-state index contributed by atoms with van der Waals surface area (Å²) >= 11 is 3.07. The number of aromatic nitrogens is 4. The van der Waals surface area contributed by atoms with Crippen LogP contribution in [0.15, 0.2) is 33.2 Å². The van der Waals surface area contributed by atoms with E-state index in [0.29, 0.717) is 22.7 Å². The number of imidazole rings is 1. The van der Waals surface area contributed by atoms with Crippen LogP contribution in [0, 0.1) is 5.82 Å². The molecule has 20 heavy (non-hydrogen) atoms. The number of hydrogen-bond acceptors (Lipinski definition) is 6. The molecule has 0 atom stereocenters. The van der Waals surface area contributed by atoms with E-state index in [1.54, 1.807) is 28.5 Å². The SMILES string of the molecule is CSc1nn2cc(-c3nc4cc(F)ccc4o3)nc2s1. The summed E-state index contributed by atoms with van der Waals surface area (Å²) in [6, 6.07) is 4.24. The van der Waals surface area contributed by atoms with Crippen molar-refractivity contribution in [2.45, 2.75) is 4.34 Å². The van der Waals surface area contributed by atoms with Crippen LogP contribution in [0.5, 0.6) is 0 Å². The Hall–Kier alpha value is -1.93. The summed E-state index contributed by atoms with van der Waals surface area (Å²) in [4.78, 5) is 9.45. The molecule has 0 saturated carbocycles. The molecule has 0 aliphatic heterocycles. The Morgan fingerprint density at radius 1 is 1.35 bits per heavy atom. The van der Waals surface area contributed by atoms with Gasteiger partial charge in [0.25, 0.3) is 0 Å². The predicted octanol–water partition coefficient (Wildman–Crippen LogP) is 3.46. The Labute approximate surface area is 120 Å². The number of nitrogens with zero attached hydrogens (tertiary/aromatic N) is 4. The number of rotatable bonds is 2. The van der Waals surface area contributed by atoms with Crippen molar-refractivity contribution in [3.63, 3.8) is 0 Å². The van der Waals surface area contributed by atoms with E-state index in [9.17, 15) is 4.39 Å². The monoisotopic (exact) mass is 306 g/mol. The van der Waals surface area contributed by atoms with Gasteiger partial charge >= 0.3 is 0 Å². The molecule has 0 spiro atoms. The van der Waals surface area contributed by atoms with Crippen LogP contribution in [-0.2, 0) is 0 Å². The molecule has 100 valence electrons. The lowest BCUT2D eigenvalue weighted by atomic mass is 10.3. The van der Waals surface area contributed by atoms with Gasteiger partial charge in [0.05, 0.1) is 6.20 Å². The molecule has 8 heteroatoms. The molecule has 0 unspecified atom stereocenters. The maximum Gasteiger partial charge on any atom is 0.247 e. The molecule has 4 rings (SSSR count). The lowest BCUT2D eigenvalue weighted by molar-refractivity contribution is 0.612. The number of fused-ring (bicyclic) bond motifs is 2. The maximum absolute atomic E-state index is 13.1. The molecule has 0 radical (unpaired) electrons. The molecule has 3 heterocycles. The summed E-state index contributed by atoms with van der Waals surface area (Å²) in [5.41, 5.74) is 1.61. The van der Waals surface area contributed by atoms with Crippen molar-refractivity contribution in [2.75, 3.05) is 6.26 Å². The first-order valence-electron chi connectivity index (χ1n) is 5.69. The Balaban J connectivity index is 1.84. The average molecular weight is 306 g/mol. The third kappa shape index (κ3) is 1.80. The number of thioether (sulfide) groups is 1. The molecule has 0 N–H and O–H groups in total. The van der Waals surface area contributed by atoms with Crippen LogP contribution < -0.4 is 0 Å². The van der Waals surface area contributed by atoms with Gasteiger partial charge in [-0.3, -0.25) is 0 Å². The third-order valence-electron chi connectivity index (χ3n) is 2.77. The van der Waals surface area contributed by atoms with Gasteiger partial charge in [-0.25, -0.2) is 18.9 Å². The second-order valence-corrected chi connectivity index (χ2v) is 6.07. The van der Waals surface area contributed by atoms with Crippen molar-refractivity contribution in [3.05, 3.63) is 30.2 Å². The highest BCUT2D eigenvalue weighted by molar-refractivity contribution is 8.00. The molecule has 0 aliphatic rings. The molecule has 0 fully saturated rings. The summed E-state index contributed by atoms with van der Waals surface area (Å²) in [5.74, 6) is 0.0310.